The lowest BCUT2D eigenvalue weighted by atomic mass is 10.1. The Morgan fingerprint density at radius 3 is 3.05 bits per heavy atom. The summed E-state index contributed by atoms with van der Waals surface area (Å²) < 4.78 is 5.29. The van der Waals surface area contributed by atoms with Crippen molar-refractivity contribution in [2.24, 2.45) is 0 Å². The topological polar surface area (TPSA) is 44.7 Å². The van der Waals surface area contributed by atoms with Crippen molar-refractivity contribution >= 4 is 5.69 Å². The van der Waals surface area contributed by atoms with Crippen LogP contribution in [0.15, 0.2) is 24.3 Å². The van der Waals surface area contributed by atoms with Crippen LogP contribution < -0.4 is 10.2 Å². The normalized spacial score (nSPS) is 20.8. The molecule has 2 N–H and O–H groups in total. The van der Waals surface area contributed by atoms with E-state index in [1.54, 1.807) is 0 Å². The van der Waals surface area contributed by atoms with Crippen molar-refractivity contribution in [1.29, 1.82) is 0 Å². The number of aliphatic hydroxyl groups is 1. The average molecular weight is 264 g/mol. The first-order valence-electron chi connectivity index (χ1n) is 7.02. The number of fused-ring (bicyclic) bond motifs is 1. The largest absolute Gasteiger partial charge is 0.389 e. The summed E-state index contributed by atoms with van der Waals surface area (Å²) in [5.74, 6) is 0. The molecule has 2 rings (SSSR count). The lowest BCUT2D eigenvalue weighted by molar-refractivity contribution is 0.0462. The van der Waals surface area contributed by atoms with Crippen LogP contribution in [0.4, 0.5) is 5.69 Å². The molecule has 1 aromatic carbocycles. The van der Waals surface area contributed by atoms with E-state index in [-0.39, 0.29) is 0 Å². The van der Waals surface area contributed by atoms with Crippen molar-refractivity contribution in [3.05, 3.63) is 29.8 Å². The van der Waals surface area contributed by atoms with Crippen LogP contribution in [0.3, 0.4) is 0 Å². The van der Waals surface area contributed by atoms with E-state index in [1.807, 2.05) is 6.92 Å². The number of hydrogen-bond donors (Lipinski definition) is 2. The highest BCUT2D eigenvalue weighted by atomic mass is 16.5. The molecule has 1 heterocycles. The van der Waals surface area contributed by atoms with Crippen LogP contribution >= 0.6 is 0 Å². The van der Waals surface area contributed by atoms with Crippen molar-refractivity contribution < 1.29 is 9.84 Å². The Balaban J connectivity index is 2.08. The minimum Gasteiger partial charge on any atom is -0.389 e. The minimum atomic E-state index is -0.446. The van der Waals surface area contributed by atoms with Crippen LogP contribution in [0, 0.1) is 0 Å². The summed E-state index contributed by atoms with van der Waals surface area (Å²) in [5.41, 5.74) is 2.50. The number of ether oxygens (including phenoxy) is 1. The van der Waals surface area contributed by atoms with E-state index in [1.165, 1.54) is 11.3 Å². The first-order chi connectivity index (χ1) is 9.20. The van der Waals surface area contributed by atoms with E-state index < -0.39 is 6.10 Å². The predicted octanol–water partition coefficient (Wildman–Crippen LogP) is 1.38. The van der Waals surface area contributed by atoms with E-state index in [4.69, 9.17) is 4.74 Å². The van der Waals surface area contributed by atoms with Gasteiger partial charge in [0.15, 0.2) is 0 Å². The number of nitrogens with zero attached hydrogens (tertiary/aromatic N) is 1. The highest BCUT2D eigenvalue weighted by molar-refractivity contribution is 5.54. The van der Waals surface area contributed by atoms with Gasteiger partial charge in [0.2, 0.25) is 0 Å². The molecule has 0 saturated heterocycles. The fourth-order valence-corrected chi connectivity index (χ4v) is 2.48. The second-order valence-corrected chi connectivity index (χ2v) is 5.13. The fraction of sp³-hybridized carbons (Fsp3) is 0.600. The van der Waals surface area contributed by atoms with Gasteiger partial charge in [-0.2, -0.15) is 0 Å². The van der Waals surface area contributed by atoms with Gasteiger partial charge >= 0.3 is 0 Å². The van der Waals surface area contributed by atoms with E-state index in [0.29, 0.717) is 25.8 Å². The highest BCUT2D eigenvalue weighted by Gasteiger charge is 2.20. The SMILES string of the molecule is CCOCC(O)CN1CC(C)NCc2ccccc21. The van der Waals surface area contributed by atoms with Gasteiger partial charge in [-0.25, -0.2) is 0 Å². The molecule has 0 aliphatic carbocycles. The Labute approximate surface area is 115 Å². The van der Waals surface area contributed by atoms with Gasteiger partial charge in [0.25, 0.3) is 0 Å². The quantitative estimate of drug-likeness (QED) is 0.843. The summed E-state index contributed by atoms with van der Waals surface area (Å²) >= 11 is 0. The molecule has 1 aromatic rings. The Kier molecular flexibility index (Phi) is 5.19. The molecule has 0 bridgehead atoms. The van der Waals surface area contributed by atoms with Crippen LogP contribution in [0.1, 0.15) is 19.4 Å². The number of nitrogens with one attached hydrogen (secondary N) is 1. The maximum atomic E-state index is 10.0. The van der Waals surface area contributed by atoms with E-state index in [0.717, 1.165) is 13.1 Å². The molecule has 0 fully saturated rings. The molecule has 1 aliphatic heterocycles. The van der Waals surface area contributed by atoms with Gasteiger partial charge in [-0.1, -0.05) is 18.2 Å². The molecule has 4 nitrogen and oxygen atoms in total. The molecule has 106 valence electrons. The first kappa shape index (κ1) is 14.3. The average Bonchev–Trinajstić information content (AvgIpc) is 2.57. The molecule has 0 spiro atoms. The van der Waals surface area contributed by atoms with Crippen molar-refractivity contribution in [2.75, 3.05) is 31.2 Å². The van der Waals surface area contributed by atoms with Gasteiger partial charge in [0.1, 0.15) is 0 Å². The third kappa shape index (κ3) is 3.93. The third-order valence-corrected chi connectivity index (χ3v) is 3.41. The fourth-order valence-electron chi connectivity index (χ4n) is 2.48. The van der Waals surface area contributed by atoms with Crippen molar-refractivity contribution in [1.82, 2.24) is 5.32 Å². The molecule has 0 radical (unpaired) electrons. The van der Waals surface area contributed by atoms with Crippen LogP contribution in [0.5, 0.6) is 0 Å². The Morgan fingerprint density at radius 1 is 1.47 bits per heavy atom. The monoisotopic (exact) mass is 264 g/mol. The molecule has 0 saturated carbocycles. The van der Waals surface area contributed by atoms with Gasteiger partial charge in [-0.15, -0.1) is 0 Å². The van der Waals surface area contributed by atoms with E-state index in [9.17, 15) is 5.11 Å². The molecule has 19 heavy (non-hydrogen) atoms. The van der Waals surface area contributed by atoms with Crippen LogP contribution in [0.2, 0.25) is 0 Å². The number of anilines is 1. The highest BCUT2D eigenvalue weighted by Crippen LogP contribution is 2.23. The molecule has 4 heteroatoms. The zero-order valence-electron chi connectivity index (χ0n) is 11.8. The van der Waals surface area contributed by atoms with E-state index >= 15 is 0 Å². The van der Waals surface area contributed by atoms with Crippen LogP contribution in [0.25, 0.3) is 0 Å². The molecule has 0 aromatic heterocycles. The number of β-amino-alcohol motifs (C(OH)–C–C–N with tert-alkyl or cyclic N) is 1. The molecule has 1 aliphatic rings. The van der Waals surface area contributed by atoms with Crippen LogP contribution in [-0.2, 0) is 11.3 Å². The van der Waals surface area contributed by atoms with Gasteiger partial charge in [0.05, 0.1) is 12.7 Å². The summed E-state index contributed by atoms with van der Waals surface area (Å²) in [4.78, 5) is 2.25. The smallest absolute Gasteiger partial charge is 0.0948 e. The number of hydrogen-bond acceptors (Lipinski definition) is 4. The van der Waals surface area contributed by atoms with E-state index in [2.05, 4.69) is 41.4 Å². The number of aliphatic hydroxyl groups excluding tert-OH is 1. The molecular formula is C15H24N2O2. The number of benzene rings is 1. The summed E-state index contributed by atoms with van der Waals surface area (Å²) in [6, 6.07) is 8.79. The summed E-state index contributed by atoms with van der Waals surface area (Å²) in [5, 5.41) is 13.5. The molecular weight excluding hydrogens is 240 g/mol. The molecule has 2 unspecified atom stereocenters. The van der Waals surface area contributed by atoms with Crippen molar-refractivity contribution in [3.63, 3.8) is 0 Å². The minimum absolute atomic E-state index is 0.400. The lowest BCUT2D eigenvalue weighted by Crippen LogP contribution is -2.41. The van der Waals surface area contributed by atoms with Gasteiger partial charge in [-0.3, -0.25) is 0 Å². The third-order valence-electron chi connectivity index (χ3n) is 3.41. The number of para-hydroxylation sites is 1. The Hall–Kier alpha value is -1.10. The second-order valence-electron chi connectivity index (χ2n) is 5.13. The summed E-state index contributed by atoms with van der Waals surface area (Å²) in [6.45, 7) is 7.56. The van der Waals surface area contributed by atoms with Gasteiger partial charge in [-0.05, 0) is 25.5 Å². The maximum Gasteiger partial charge on any atom is 0.0948 e. The van der Waals surface area contributed by atoms with Gasteiger partial charge in [0, 0.05) is 38.0 Å². The first-order valence-corrected chi connectivity index (χ1v) is 7.02. The van der Waals surface area contributed by atoms with Crippen molar-refractivity contribution in [2.45, 2.75) is 32.5 Å². The Morgan fingerprint density at radius 2 is 2.26 bits per heavy atom. The van der Waals surface area contributed by atoms with Crippen molar-refractivity contribution in [3.8, 4) is 0 Å². The number of rotatable bonds is 5. The van der Waals surface area contributed by atoms with Crippen LogP contribution in [-0.4, -0.2) is 43.6 Å². The molecule has 0 amide bonds. The summed E-state index contributed by atoms with van der Waals surface area (Å²) in [7, 11) is 0. The lowest BCUT2D eigenvalue weighted by Gasteiger charge is -2.28. The predicted molar refractivity (Wildman–Crippen MR) is 77.5 cm³/mol. The zero-order valence-corrected chi connectivity index (χ0v) is 11.8. The Bertz CT molecular complexity index is 397. The molecule has 2 atom stereocenters. The van der Waals surface area contributed by atoms with Gasteiger partial charge < -0.3 is 20.1 Å². The summed E-state index contributed by atoms with van der Waals surface area (Å²) in [6.07, 6.45) is -0.446. The second kappa shape index (κ2) is 6.89. The zero-order chi connectivity index (χ0) is 13.7. The standard InChI is InChI=1S/C15H24N2O2/c1-3-19-11-14(18)10-17-9-12(2)16-8-13-6-4-5-7-15(13)17/h4-7,12,14,16,18H,3,8-11H2,1-2H3. The maximum absolute atomic E-state index is 10.0.